The molecule has 2 rings (SSSR count). The number of fused-ring (bicyclic) bond motifs is 1. The number of rotatable bonds is 0. The van der Waals surface area contributed by atoms with Gasteiger partial charge in [0, 0.05) is 0 Å². The van der Waals surface area contributed by atoms with Crippen LogP contribution in [0.25, 0.3) is 0 Å². The van der Waals surface area contributed by atoms with Gasteiger partial charge in [-0.05, 0) is 24.2 Å². The van der Waals surface area contributed by atoms with Gasteiger partial charge in [0.15, 0.2) is 0 Å². The van der Waals surface area contributed by atoms with E-state index < -0.39 is 0 Å². The van der Waals surface area contributed by atoms with Crippen LogP contribution in [0.4, 0.5) is 0 Å². The zero-order valence-corrected chi connectivity index (χ0v) is 6.97. The molecule has 2 fully saturated rings. The molecule has 58 valence electrons. The van der Waals surface area contributed by atoms with Gasteiger partial charge in [0.25, 0.3) is 0 Å². The Balaban J connectivity index is 1.88. The molecule has 0 aromatic carbocycles. The zero-order valence-electron chi connectivity index (χ0n) is 6.97. The summed E-state index contributed by atoms with van der Waals surface area (Å²) < 4.78 is 0. The first kappa shape index (κ1) is 6.69. The lowest BCUT2D eigenvalue weighted by atomic mass is 9.93. The van der Waals surface area contributed by atoms with E-state index in [4.69, 9.17) is 0 Å². The fraction of sp³-hybridized carbons (Fsp3) is 1.00. The molecular formula is C10H18. The van der Waals surface area contributed by atoms with Crippen molar-refractivity contribution in [2.75, 3.05) is 0 Å². The summed E-state index contributed by atoms with van der Waals surface area (Å²) in [5.41, 5.74) is 0. The maximum absolute atomic E-state index is 2.45. The highest BCUT2D eigenvalue weighted by atomic mass is 14.5. The summed E-state index contributed by atoms with van der Waals surface area (Å²) in [6.07, 6.45) is 9.17. The van der Waals surface area contributed by atoms with Crippen LogP contribution in [-0.4, -0.2) is 0 Å². The number of hydrogen-bond donors (Lipinski definition) is 0. The average molecular weight is 138 g/mol. The van der Waals surface area contributed by atoms with E-state index in [2.05, 4.69) is 6.92 Å². The highest BCUT2D eigenvalue weighted by Crippen LogP contribution is 2.50. The van der Waals surface area contributed by atoms with Crippen LogP contribution >= 0.6 is 0 Å². The van der Waals surface area contributed by atoms with Crippen LogP contribution in [0.5, 0.6) is 0 Å². The summed E-state index contributed by atoms with van der Waals surface area (Å²) in [6.45, 7) is 2.45. The Labute approximate surface area is 64.0 Å². The Morgan fingerprint density at radius 2 is 1.80 bits per heavy atom. The van der Waals surface area contributed by atoms with Gasteiger partial charge >= 0.3 is 0 Å². The Kier molecular flexibility index (Phi) is 1.71. The topological polar surface area (TPSA) is 0 Å². The van der Waals surface area contributed by atoms with Crippen molar-refractivity contribution in [1.82, 2.24) is 0 Å². The molecule has 10 heavy (non-hydrogen) atoms. The van der Waals surface area contributed by atoms with E-state index in [1.165, 1.54) is 25.7 Å². The van der Waals surface area contributed by atoms with Gasteiger partial charge in [0.2, 0.25) is 0 Å². The van der Waals surface area contributed by atoms with Crippen molar-refractivity contribution in [2.45, 2.75) is 45.4 Å². The van der Waals surface area contributed by atoms with E-state index in [-0.39, 0.29) is 0 Å². The van der Waals surface area contributed by atoms with E-state index in [9.17, 15) is 0 Å². The van der Waals surface area contributed by atoms with Gasteiger partial charge in [-0.2, -0.15) is 0 Å². The van der Waals surface area contributed by atoms with Crippen molar-refractivity contribution >= 4 is 0 Å². The molecular weight excluding hydrogens is 120 g/mol. The lowest BCUT2D eigenvalue weighted by molar-refractivity contribution is 0.382. The molecule has 3 atom stereocenters. The minimum Gasteiger partial charge on any atom is -0.0622 e. The van der Waals surface area contributed by atoms with Gasteiger partial charge in [0.05, 0.1) is 0 Å². The zero-order chi connectivity index (χ0) is 6.97. The summed E-state index contributed by atoms with van der Waals surface area (Å²) in [5.74, 6) is 3.38. The lowest BCUT2D eigenvalue weighted by Gasteiger charge is -2.13. The summed E-state index contributed by atoms with van der Waals surface area (Å²) >= 11 is 0. The largest absolute Gasteiger partial charge is 0.0622 e. The molecule has 0 nitrogen and oxygen atoms in total. The molecule has 0 heteroatoms. The maximum atomic E-state index is 2.45. The van der Waals surface area contributed by atoms with E-state index in [0.29, 0.717) is 0 Å². The Morgan fingerprint density at radius 3 is 2.70 bits per heavy atom. The summed E-state index contributed by atoms with van der Waals surface area (Å²) in [5, 5.41) is 0. The van der Waals surface area contributed by atoms with E-state index in [1.807, 2.05) is 0 Å². The van der Waals surface area contributed by atoms with Crippen LogP contribution in [0.2, 0.25) is 0 Å². The molecule has 2 aliphatic carbocycles. The predicted octanol–water partition coefficient (Wildman–Crippen LogP) is 3.22. The second kappa shape index (κ2) is 2.56. The summed E-state index contributed by atoms with van der Waals surface area (Å²) in [4.78, 5) is 0. The molecule has 0 bridgehead atoms. The Hall–Kier alpha value is 0. The third kappa shape index (κ3) is 1.21. The molecule has 0 heterocycles. The molecule has 0 radical (unpaired) electrons. The molecule has 0 amide bonds. The first-order valence-electron chi connectivity index (χ1n) is 4.88. The maximum Gasteiger partial charge on any atom is -0.0357 e. The van der Waals surface area contributed by atoms with Crippen LogP contribution in [0, 0.1) is 17.8 Å². The van der Waals surface area contributed by atoms with Crippen LogP contribution in [0.3, 0.4) is 0 Å². The van der Waals surface area contributed by atoms with Crippen LogP contribution in [-0.2, 0) is 0 Å². The Bertz CT molecular complexity index is 117. The third-order valence-electron chi connectivity index (χ3n) is 3.44. The minimum atomic E-state index is 1.06. The summed E-state index contributed by atoms with van der Waals surface area (Å²) in [6, 6.07) is 0. The summed E-state index contributed by atoms with van der Waals surface area (Å²) in [7, 11) is 0. The van der Waals surface area contributed by atoms with E-state index in [1.54, 1.807) is 12.8 Å². The monoisotopic (exact) mass is 138 g/mol. The van der Waals surface area contributed by atoms with E-state index >= 15 is 0 Å². The van der Waals surface area contributed by atoms with Crippen molar-refractivity contribution in [3.8, 4) is 0 Å². The van der Waals surface area contributed by atoms with Crippen LogP contribution in [0.1, 0.15) is 45.4 Å². The highest BCUT2D eigenvalue weighted by molar-refractivity contribution is 4.90. The van der Waals surface area contributed by atoms with Gasteiger partial charge in [0.1, 0.15) is 0 Å². The van der Waals surface area contributed by atoms with Crippen molar-refractivity contribution in [3.05, 3.63) is 0 Å². The van der Waals surface area contributed by atoms with Crippen molar-refractivity contribution in [2.24, 2.45) is 17.8 Å². The van der Waals surface area contributed by atoms with Crippen LogP contribution in [0.15, 0.2) is 0 Å². The number of hydrogen-bond acceptors (Lipinski definition) is 0. The smallest absolute Gasteiger partial charge is 0.0357 e. The lowest BCUT2D eigenvalue weighted by Crippen LogP contribution is -2.02. The molecule has 2 aliphatic rings. The molecule has 0 aliphatic heterocycles. The van der Waals surface area contributed by atoms with Crippen molar-refractivity contribution < 1.29 is 0 Å². The molecule has 0 N–H and O–H groups in total. The molecule has 0 spiro atoms. The average Bonchev–Trinajstić information content (AvgIpc) is 2.62. The second-order valence-corrected chi connectivity index (χ2v) is 4.27. The first-order chi connectivity index (χ1) is 4.88. The first-order valence-corrected chi connectivity index (χ1v) is 4.88. The van der Waals surface area contributed by atoms with Crippen molar-refractivity contribution in [3.63, 3.8) is 0 Å². The van der Waals surface area contributed by atoms with Gasteiger partial charge in [-0.1, -0.05) is 39.0 Å². The van der Waals surface area contributed by atoms with Crippen LogP contribution < -0.4 is 0 Å². The van der Waals surface area contributed by atoms with Gasteiger partial charge in [-0.25, -0.2) is 0 Å². The molecule has 0 unspecified atom stereocenters. The molecule has 0 saturated heterocycles. The minimum absolute atomic E-state index is 1.06. The van der Waals surface area contributed by atoms with Gasteiger partial charge in [-0.15, -0.1) is 0 Å². The van der Waals surface area contributed by atoms with Gasteiger partial charge in [-0.3, -0.25) is 0 Å². The normalized spacial score (nSPS) is 47.1. The molecule has 0 aromatic heterocycles. The third-order valence-corrected chi connectivity index (χ3v) is 3.44. The van der Waals surface area contributed by atoms with E-state index in [0.717, 1.165) is 17.8 Å². The highest BCUT2D eigenvalue weighted by Gasteiger charge is 2.40. The quantitative estimate of drug-likeness (QED) is 0.482. The molecule has 0 aromatic rings. The Morgan fingerprint density at radius 1 is 1.00 bits per heavy atom. The molecule has 2 saturated carbocycles. The predicted molar refractivity (Wildman–Crippen MR) is 43.8 cm³/mol. The van der Waals surface area contributed by atoms with Gasteiger partial charge < -0.3 is 0 Å². The fourth-order valence-corrected chi connectivity index (χ4v) is 2.56. The van der Waals surface area contributed by atoms with Crippen molar-refractivity contribution in [1.29, 1.82) is 0 Å². The standard InChI is InChI=1S/C10H18/c1-8-5-3-2-4-6-9-7-10(8)9/h8-10H,2-7H2,1H3/t8-,9+,10+/m0/s1. The second-order valence-electron chi connectivity index (χ2n) is 4.27. The fourth-order valence-electron chi connectivity index (χ4n) is 2.56. The SMILES string of the molecule is C[C@H]1CCCCC[C@@H]2C[C@@H]21.